The van der Waals surface area contributed by atoms with Gasteiger partial charge in [0.15, 0.2) is 5.82 Å². The fourth-order valence-corrected chi connectivity index (χ4v) is 4.36. The van der Waals surface area contributed by atoms with Crippen molar-refractivity contribution in [3.63, 3.8) is 0 Å². The summed E-state index contributed by atoms with van der Waals surface area (Å²) in [5, 5.41) is 11.8. The molecule has 2 unspecified atom stereocenters. The molecule has 3 aromatic rings. The second-order valence-corrected chi connectivity index (χ2v) is 7.31. The summed E-state index contributed by atoms with van der Waals surface area (Å²) in [6.07, 6.45) is 2.33. The van der Waals surface area contributed by atoms with Crippen LogP contribution >= 0.6 is 0 Å². The van der Waals surface area contributed by atoms with Gasteiger partial charge in [-0.1, -0.05) is 48.5 Å². The molecule has 6 nitrogen and oxygen atoms in total. The number of aryl methyl sites for hydroxylation is 2. The van der Waals surface area contributed by atoms with Crippen molar-refractivity contribution in [1.29, 1.82) is 0 Å². The van der Waals surface area contributed by atoms with Gasteiger partial charge in [-0.3, -0.25) is 4.79 Å². The predicted molar refractivity (Wildman–Crippen MR) is 101 cm³/mol. The third-order valence-electron chi connectivity index (χ3n) is 5.80. The van der Waals surface area contributed by atoms with Crippen molar-refractivity contribution >= 4 is 11.6 Å². The second-order valence-electron chi connectivity index (χ2n) is 7.31. The minimum Gasteiger partial charge on any atom is -0.311 e. The van der Waals surface area contributed by atoms with E-state index < -0.39 is 0 Å². The van der Waals surface area contributed by atoms with Crippen molar-refractivity contribution in [2.75, 3.05) is 11.4 Å². The third kappa shape index (κ3) is 2.81. The molecule has 0 saturated heterocycles. The van der Waals surface area contributed by atoms with Gasteiger partial charge in [0.05, 0.1) is 0 Å². The highest BCUT2D eigenvalue weighted by Crippen LogP contribution is 2.41. The van der Waals surface area contributed by atoms with E-state index in [1.807, 2.05) is 21.7 Å². The molecule has 1 aromatic heterocycles. The molecule has 2 aliphatic heterocycles. The second kappa shape index (κ2) is 6.61. The Balaban J connectivity index is 1.42. The van der Waals surface area contributed by atoms with E-state index in [0.717, 1.165) is 30.8 Å². The maximum atomic E-state index is 13.4. The summed E-state index contributed by atoms with van der Waals surface area (Å²) in [5.41, 5.74) is 3.55. The number of fused-ring (bicyclic) bond motifs is 2. The first kappa shape index (κ1) is 16.2. The number of nitrogens with zero attached hydrogens (tertiary/aromatic N) is 5. The number of hydrogen-bond donors (Lipinski definition) is 0. The van der Waals surface area contributed by atoms with Crippen molar-refractivity contribution in [2.24, 2.45) is 5.92 Å². The van der Waals surface area contributed by atoms with E-state index in [-0.39, 0.29) is 17.7 Å². The highest BCUT2D eigenvalue weighted by molar-refractivity contribution is 5.97. The molecule has 27 heavy (non-hydrogen) atoms. The first-order valence-corrected chi connectivity index (χ1v) is 9.51. The van der Waals surface area contributed by atoms with Crippen LogP contribution in [0.15, 0.2) is 54.6 Å². The van der Waals surface area contributed by atoms with E-state index >= 15 is 0 Å². The van der Waals surface area contributed by atoms with E-state index in [1.165, 1.54) is 11.1 Å². The standard InChI is InChI=1S/C21H21N5O/c27-21(16-10-11-20-22-23-24-26(20)13-12-16)25-14-18(15-6-2-1-3-7-15)17-8-4-5-9-19(17)25/h1-9,16,18H,10-14H2. The van der Waals surface area contributed by atoms with Crippen LogP contribution in [0, 0.1) is 5.92 Å². The molecule has 0 aliphatic carbocycles. The first-order chi connectivity index (χ1) is 13.3. The van der Waals surface area contributed by atoms with Crippen LogP contribution in [0.1, 0.15) is 35.7 Å². The van der Waals surface area contributed by atoms with Gasteiger partial charge in [-0.25, -0.2) is 4.68 Å². The Morgan fingerprint density at radius 3 is 2.70 bits per heavy atom. The van der Waals surface area contributed by atoms with Crippen LogP contribution in [-0.2, 0) is 17.8 Å². The van der Waals surface area contributed by atoms with E-state index in [2.05, 4.69) is 58.0 Å². The van der Waals surface area contributed by atoms with Crippen LogP contribution in [-0.4, -0.2) is 32.7 Å². The largest absolute Gasteiger partial charge is 0.311 e. The Labute approximate surface area is 157 Å². The zero-order valence-electron chi connectivity index (χ0n) is 15.0. The molecule has 0 radical (unpaired) electrons. The molecule has 0 N–H and O–H groups in total. The predicted octanol–water partition coefficient (Wildman–Crippen LogP) is 2.80. The van der Waals surface area contributed by atoms with Crippen LogP contribution in [0.3, 0.4) is 0 Å². The summed E-state index contributed by atoms with van der Waals surface area (Å²) in [4.78, 5) is 15.4. The quantitative estimate of drug-likeness (QED) is 0.706. The molecule has 5 rings (SSSR count). The molecule has 3 heterocycles. The average molecular weight is 359 g/mol. The van der Waals surface area contributed by atoms with Crippen LogP contribution in [0.2, 0.25) is 0 Å². The number of amides is 1. The monoisotopic (exact) mass is 359 g/mol. The Morgan fingerprint density at radius 1 is 1.00 bits per heavy atom. The summed E-state index contributed by atoms with van der Waals surface area (Å²) in [7, 11) is 0. The molecule has 136 valence electrons. The molecule has 0 saturated carbocycles. The number of carbonyl (C=O) groups excluding carboxylic acids is 1. The van der Waals surface area contributed by atoms with Gasteiger partial charge in [-0.05, 0) is 40.5 Å². The van der Waals surface area contributed by atoms with E-state index in [4.69, 9.17) is 0 Å². The van der Waals surface area contributed by atoms with Crippen LogP contribution < -0.4 is 4.90 Å². The van der Waals surface area contributed by atoms with E-state index in [9.17, 15) is 4.79 Å². The smallest absolute Gasteiger partial charge is 0.230 e. The normalized spacial score (nSPS) is 21.4. The highest BCUT2D eigenvalue weighted by atomic mass is 16.2. The molecule has 6 heteroatoms. The highest BCUT2D eigenvalue weighted by Gasteiger charge is 2.36. The van der Waals surface area contributed by atoms with Crippen molar-refractivity contribution in [3.8, 4) is 0 Å². The molecule has 2 aromatic carbocycles. The number of rotatable bonds is 2. The molecule has 0 bridgehead atoms. The maximum Gasteiger partial charge on any atom is 0.230 e. The number of hydrogen-bond acceptors (Lipinski definition) is 4. The summed E-state index contributed by atoms with van der Waals surface area (Å²) in [5.74, 6) is 1.34. The van der Waals surface area contributed by atoms with Crippen molar-refractivity contribution in [2.45, 2.75) is 31.7 Å². The van der Waals surface area contributed by atoms with Crippen molar-refractivity contribution in [3.05, 3.63) is 71.5 Å². The molecule has 0 fully saturated rings. The maximum absolute atomic E-state index is 13.4. The lowest BCUT2D eigenvalue weighted by Gasteiger charge is -2.23. The fraction of sp³-hybridized carbons (Fsp3) is 0.333. The number of para-hydroxylation sites is 1. The van der Waals surface area contributed by atoms with Gasteiger partial charge in [0.25, 0.3) is 0 Å². The minimum absolute atomic E-state index is 0.00363. The molecule has 0 spiro atoms. The zero-order chi connectivity index (χ0) is 18.2. The van der Waals surface area contributed by atoms with Crippen LogP contribution in [0.5, 0.6) is 0 Å². The van der Waals surface area contributed by atoms with Gasteiger partial charge in [0.2, 0.25) is 5.91 Å². The summed E-state index contributed by atoms with van der Waals surface area (Å²) in [6.45, 7) is 1.42. The molecule has 2 aliphatic rings. The molecule has 1 amide bonds. The van der Waals surface area contributed by atoms with Gasteiger partial charge < -0.3 is 4.90 Å². The van der Waals surface area contributed by atoms with E-state index in [0.29, 0.717) is 13.1 Å². The third-order valence-corrected chi connectivity index (χ3v) is 5.80. The Kier molecular flexibility index (Phi) is 3.96. The van der Waals surface area contributed by atoms with Gasteiger partial charge in [0.1, 0.15) is 0 Å². The van der Waals surface area contributed by atoms with Gasteiger partial charge >= 0.3 is 0 Å². The van der Waals surface area contributed by atoms with Crippen LogP contribution in [0.25, 0.3) is 0 Å². The average Bonchev–Trinajstić information content (AvgIpc) is 3.28. The van der Waals surface area contributed by atoms with Gasteiger partial charge in [-0.15, -0.1) is 5.10 Å². The summed E-state index contributed by atoms with van der Waals surface area (Å²) >= 11 is 0. The number of carbonyl (C=O) groups is 1. The van der Waals surface area contributed by atoms with E-state index in [1.54, 1.807) is 0 Å². The first-order valence-electron chi connectivity index (χ1n) is 9.51. The molecular weight excluding hydrogens is 338 g/mol. The number of anilines is 1. The van der Waals surface area contributed by atoms with Crippen LogP contribution in [0.4, 0.5) is 5.69 Å². The Hall–Kier alpha value is -3.02. The van der Waals surface area contributed by atoms with Gasteiger partial charge in [0, 0.05) is 37.0 Å². The number of aromatic nitrogens is 4. The lowest BCUT2D eigenvalue weighted by molar-refractivity contribution is -0.122. The Bertz CT molecular complexity index is 945. The number of tetrazole rings is 1. The number of benzene rings is 2. The fourth-order valence-electron chi connectivity index (χ4n) is 4.36. The lowest BCUT2D eigenvalue weighted by Crippen LogP contribution is -2.36. The van der Waals surface area contributed by atoms with Crippen molar-refractivity contribution in [1.82, 2.24) is 20.2 Å². The molecular formula is C21H21N5O. The molecule has 2 atom stereocenters. The van der Waals surface area contributed by atoms with Crippen molar-refractivity contribution < 1.29 is 4.79 Å². The summed E-state index contributed by atoms with van der Waals surface area (Å²) in [6, 6.07) is 18.8. The minimum atomic E-state index is -0.00363. The zero-order valence-corrected chi connectivity index (χ0v) is 15.0. The van der Waals surface area contributed by atoms with Gasteiger partial charge in [-0.2, -0.15) is 0 Å². The summed E-state index contributed by atoms with van der Waals surface area (Å²) < 4.78 is 1.83. The Morgan fingerprint density at radius 2 is 1.81 bits per heavy atom. The SMILES string of the molecule is O=C(C1CCc2nnnn2CC1)N1CC(c2ccccc2)c2ccccc21. The lowest BCUT2D eigenvalue weighted by atomic mass is 9.93. The topological polar surface area (TPSA) is 63.9 Å².